The predicted molar refractivity (Wildman–Crippen MR) is 363 cm³/mol. The Morgan fingerprint density at radius 1 is 0.638 bits per heavy atom. The van der Waals surface area contributed by atoms with Gasteiger partial charge in [0.25, 0.3) is 0 Å². The van der Waals surface area contributed by atoms with E-state index < -0.39 is 95.8 Å². The third kappa shape index (κ3) is 20.9. The first kappa shape index (κ1) is 75.8. The molecular weight excluding hydrogens is 1200 g/mol. The minimum atomic E-state index is -1.37. The van der Waals surface area contributed by atoms with Gasteiger partial charge in [-0.2, -0.15) is 0 Å². The molecule has 1 saturated heterocycles. The van der Waals surface area contributed by atoms with E-state index in [4.69, 9.17) is 39.1 Å². The number of carbonyl (C=O) groups excluding carboxylic acids is 8. The predicted octanol–water partition coefficient (Wildman–Crippen LogP) is 4.64. The molecule has 8 amide bonds. The Kier molecular flexibility index (Phi) is 28.7. The Morgan fingerprint density at radius 3 is 1.85 bits per heavy atom. The Morgan fingerprint density at radius 2 is 1.23 bits per heavy atom. The van der Waals surface area contributed by atoms with Crippen molar-refractivity contribution in [3.05, 3.63) is 41.5 Å². The van der Waals surface area contributed by atoms with Gasteiger partial charge in [0.2, 0.25) is 41.4 Å². The maximum atomic E-state index is 14.8. The fourth-order valence-corrected chi connectivity index (χ4v) is 16.1. The van der Waals surface area contributed by atoms with E-state index in [1.807, 2.05) is 13.8 Å². The van der Waals surface area contributed by atoms with Gasteiger partial charge in [-0.15, -0.1) is 0 Å². The number of amides is 8. The van der Waals surface area contributed by atoms with Crippen LogP contribution in [0.2, 0.25) is 0 Å². The van der Waals surface area contributed by atoms with Gasteiger partial charge in [0.15, 0.2) is 11.9 Å². The number of aromatic hydroxyl groups is 1. The Bertz CT molecular complexity index is 2830. The van der Waals surface area contributed by atoms with E-state index in [9.17, 15) is 43.5 Å². The SMILES string of the molecule is CCC[C@H](NC(=O)[C@H](CCCN=C(N)N)NC(=O)[C@@H]1CCCN1C(=O)[C@H](CCCN=C(N)N)NC(=O)OC1CC[C@@]2(C)C(=CC[C@H]3[C@@H]4CC[C@H]([C@H](C)CCCC(C)C)[C@@]4(C)CC[C@@H]32)C1)C(=O)N[C@@H](Cc1ccc(O)cc1)C(=O)NC(CN)C(=O)N[C@@H](CCC(C)C)C(N)=O. The number of nitrogens with one attached hydrogen (secondary N) is 6. The molecule has 6 rings (SSSR count). The zero-order chi connectivity index (χ0) is 69.0. The highest BCUT2D eigenvalue weighted by atomic mass is 16.6. The summed E-state index contributed by atoms with van der Waals surface area (Å²) in [5, 5.41) is 26.4. The number of fused-ring (bicyclic) bond motifs is 5. The molecule has 0 spiro atoms. The molecular formula is C69H115N15O10. The number of carbonyl (C=O) groups is 8. The van der Waals surface area contributed by atoms with Crippen LogP contribution in [0.1, 0.15) is 196 Å². The number of allylic oxidation sites excluding steroid dienone is 1. The average molecular weight is 1310 g/mol. The maximum absolute atomic E-state index is 14.8. The van der Waals surface area contributed by atoms with Crippen LogP contribution >= 0.6 is 0 Å². The highest BCUT2D eigenvalue weighted by Gasteiger charge is 2.59. The van der Waals surface area contributed by atoms with Crippen molar-refractivity contribution in [1.29, 1.82) is 0 Å². The number of phenolic OH excluding ortho intramolecular Hbond substituents is 1. The second-order valence-electron chi connectivity index (χ2n) is 28.9. The van der Waals surface area contributed by atoms with Crippen molar-refractivity contribution in [2.45, 2.75) is 245 Å². The quantitative estimate of drug-likeness (QED) is 0.0191. The lowest BCUT2D eigenvalue weighted by Crippen LogP contribution is -2.61. The van der Waals surface area contributed by atoms with Gasteiger partial charge in [-0.1, -0.05) is 105 Å². The molecule has 1 aromatic carbocycles. The number of guanidine groups is 2. The molecule has 19 N–H and O–H groups in total. The summed E-state index contributed by atoms with van der Waals surface area (Å²) >= 11 is 0. The van der Waals surface area contributed by atoms with Gasteiger partial charge >= 0.3 is 6.09 Å². The van der Waals surface area contributed by atoms with E-state index in [1.54, 1.807) is 19.1 Å². The number of benzene rings is 1. The normalized spacial score (nSPS) is 25.2. The van der Waals surface area contributed by atoms with E-state index in [1.165, 1.54) is 67.6 Å². The van der Waals surface area contributed by atoms with E-state index in [-0.39, 0.29) is 100 Å². The molecule has 0 radical (unpaired) electrons. The number of likely N-dealkylation sites (tertiary alicyclic amines) is 1. The molecule has 15 atom stereocenters. The first-order valence-electron chi connectivity index (χ1n) is 35.0. The number of ether oxygens (including phenoxy) is 1. The van der Waals surface area contributed by atoms with Crippen molar-refractivity contribution in [3.8, 4) is 5.75 Å². The Hall–Kier alpha value is -7.18. The van der Waals surface area contributed by atoms with Crippen molar-refractivity contribution in [2.75, 3.05) is 26.2 Å². The van der Waals surface area contributed by atoms with Crippen molar-refractivity contribution < 1.29 is 48.2 Å². The fraction of sp³-hybridized carbons (Fsp3) is 0.739. The number of aliphatic imine (C=N–C) groups is 2. The van der Waals surface area contributed by atoms with E-state index >= 15 is 0 Å². The highest BCUT2D eigenvalue weighted by molar-refractivity contribution is 5.98. The van der Waals surface area contributed by atoms with Crippen LogP contribution in [0.4, 0.5) is 4.79 Å². The number of primary amides is 1. The van der Waals surface area contributed by atoms with Crippen LogP contribution < -0.4 is 66.3 Å². The van der Waals surface area contributed by atoms with Crippen molar-refractivity contribution >= 4 is 59.4 Å². The standard InChI is InChI=1S/C69H115N15O10/c1-9-14-52(59(87)81-55(37-43-21-24-45(85)25-22-43)61(89)82-56(39-70)62(90)78-51(58(71)86)29-20-41(4)5)79-60(88)53(17-11-34-76-65(72)73)80-63(91)57-19-13-36-84(57)64(92)54(18-12-35-77-66(74)75)83-67(93)94-46-30-32-68(7)44(38-46)23-26-47-49-28-27-48(42(6)16-10-15-40(2)3)69(49,8)33-31-50(47)68/h21-25,40-42,46-57,85H,9-20,26-39,70H2,1-8H3,(H2,71,86)(H,78,90)(H,79,88)(H,80,91)(H,81,87)(H,82,89)(H,83,93)(H4,72,73,76)(H4,74,75,77)/t42-,46?,47+,48-,49+,50+,51+,52+,53+,54+,55+,56?,57+,68+,69-/m1/s1. The van der Waals surface area contributed by atoms with Gasteiger partial charge in [-0.3, -0.25) is 43.5 Å². The number of hydrogen-bond donors (Lipinski definition) is 13. The first-order valence-corrected chi connectivity index (χ1v) is 35.0. The highest BCUT2D eigenvalue weighted by Crippen LogP contribution is 2.67. The lowest BCUT2D eigenvalue weighted by Gasteiger charge is -2.58. The summed E-state index contributed by atoms with van der Waals surface area (Å²) in [5.41, 5.74) is 36.4. The number of phenols is 1. The first-order chi connectivity index (χ1) is 44.6. The van der Waals surface area contributed by atoms with Crippen molar-refractivity contribution in [3.63, 3.8) is 0 Å². The van der Waals surface area contributed by atoms with E-state index in [2.05, 4.69) is 82.6 Å². The van der Waals surface area contributed by atoms with Crippen molar-refractivity contribution in [2.24, 2.45) is 96.6 Å². The van der Waals surface area contributed by atoms with Crippen LogP contribution in [-0.4, -0.2) is 144 Å². The molecule has 4 fully saturated rings. The molecule has 1 aromatic rings. The minimum absolute atomic E-state index is 0.00421. The molecule has 25 heteroatoms. The molecule has 1 aliphatic heterocycles. The summed E-state index contributed by atoms with van der Waals surface area (Å²) in [6.07, 6.45) is 16.1. The van der Waals surface area contributed by atoms with Gasteiger partial charge in [0.1, 0.15) is 54.1 Å². The Labute approximate surface area is 557 Å². The van der Waals surface area contributed by atoms with Gasteiger partial charge in [-0.25, -0.2) is 4.79 Å². The number of alkyl carbamates (subject to hydrolysis) is 1. The molecule has 1 heterocycles. The summed E-state index contributed by atoms with van der Waals surface area (Å²) in [6, 6.07) is -2.55. The number of rotatable bonds is 35. The molecule has 0 aromatic heterocycles. The van der Waals surface area contributed by atoms with Crippen LogP contribution in [0.3, 0.4) is 0 Å². The topological polar surface area (TPSA) is 422 Å². The largest absolute Gasteiger partial charge is 0.508 e. The molecule has 3 saturated carbocycles. The molecule has 2 unspecified atom stereocenters. The van der Waals surface area contributed by atoms with Crippen molar-refractivity contribution in [1.82, 2.24) is 36.8 Å². The van der Waals surface area contributed by atoms with Crippen LogP contribution in [0.5, 0.6) is 5.75 Å². The van der Waals surface area contributed by atoms with Crippen LogP contribution in [-0.2, 0) is 44.7 Å². The van der Waals surface area contributed by atoms with Crippen LogP contribution in [0.15, 0.2) is 45.9 Å². The minimum Gasteiger partial charge on any atom is -0.508 e. The summed E-state index contributed by atoms with van der Waals surface area (Å²) in [7, 11) is 0. The third-order valence-electron chi connectivity index (χ3n) is 21.3. The second-order valence-corrected chi connectivity index (χ2v) is 28.9. The number of nitrogens with two attached hydrogens (primary N) is 6. The van der Waals surface area contributed by atoms with Gasteiger partial charge in [0.05, 0.1) is 0 Å². The van der Waals surface area contributed by atoms with Crippen LogP contribution in [0, 0.1) is 52.3 Å². The molecule has 4 aliphatic carbocycles. The summed E-state index contributed by atoms with van der Waals surface area (Å²) in [6.45, 7) is 18.0. The van der Waals surface area contributed by atoms with E-state index in [0.29, 0.717) is 61.3 Å². The van der Waals surface area contributed by atoms with E-state index in [0.717, 1.165) is 36.5 Å². The second kappa shape index (κ2) is 35.5. The zero-order valence-electron chi connectivity index (χ0n) is 57.4. The molecule has 5 aliphatic rings. The maximum Gasteiger partial charge on any atom is 0.408 e. The third-order valence-corrected chi connectivity index (χ3v) is 21.3. The molecule has 0 bridgehead atoms. The summed E-state index contributed by atoms with van der Waals surface area (Å²) in [4.78, 5) is 122. The summed E-state index contributed by atoms with van der Waals surface area (Å²) in [5.74, 6) is -0.974. The van der Waals surface area contributed by atoms with Gasteiger partial charge < -0.3 is 81.0 Å². The molecule has 25 nitrogen and oxygen atoms in total. The zero-order valence-corrected chi connectivity index (χ0v) is 57.4. The number of hydrogen-bond acceptors (Lipinski definition) is 13. The Balaban J connectivity index is 1.13. The van der Waals surface area contributed by atoms with Gasteiger partial charge in [-0.05, 0) is 173 Å². The molecule has 94 heavy (non-hydrogen) atoms. The average Bonchev–Trinajstić information content (AvgIpc) is 1.37. The lowest BCUT2D eigenvalue weighted by atomic mass is 9.47. The number of nitrogens with zero attached hydrogens (tertiary/aromatic N) is 3. The smallest absolute Gasteiger partial charge is 0.408 e. The lowest BCUT2D eigenvalue weighted by molar-refractivity contribution is -0.141. The molecule has 526 valence electrons. The van der Waals surface area contributed by atoms with Gasteiger partial charge in [0, 0.05) is 39.0 Å². The fourth-order valence-electron chi connectivity index (χ4n) is 16.1. The summed E-state index contributed by atoms with van der Waals surface area (Å²) < 4.78 is 6.22. The van der Waals surface area contributed by atoms with Crippen LogP contribution in [0.25, 0.3) is 0 Å². The monoisotopic (exact) mass is 1310 g/mol.